The van der Waals surface area contributed by atoms with E-state index in [9.17, 15) is 4.79 Å². The lowest BCUT2D eigenvalue weighted by Gasteiger charge is -2.19. The van der Waals surface area contributed by atoms with E-state index in [4.69, 9.17) is 5.11 Å². The molecule has 19 heavy (non-hydrogen) atoms. The van der Waals surface area contributed by atoms with Gasteiger partial charge in [-0.15, -0.1) is 0 Å². The van der Waals surface area contributed by atoms with Crippen LogP contribution in [0.2, 0.25) is 0 Å². The first-order valence-corrected chi connectivity index (χ1v) is 7.04. The first-order valence-electron chi connectivity index (χ1n) is 6.25. The molecule has 1 aromatic rings. The Balaban J connectivity index is 2.54. The molecule has 1 rings (SSSR count). The summed E-state index contributed by atoms with van der Waals surface area (Å²) >= 11 is 3.44. The molecule has 0 aromatic heterocycles. The summed E-state index contributed by atoms with van der Waals surface area (Å²) in [5.74, 6) is -0.897. The Labute approximate surface area is 123 Å². The van der Waals surface area contributed by atoms with E-state index < -0.39 is 5.97 Å². The minimum Gasteiger partial charge on any atom is -0.478 e. The molecule has 0 heterocycles. The van der Waals surface area contributed by atoms with Crippen LogP contribution in [0, 0.1) is 0 Å². The zero-order valence-corrected chi connectivity index (χ0v) is 13.3. The molecule has 106 valence electrons. The standard InChI is InChI=1S/C14H21BrN2O2/c1-16(2)7-4-8-17(3)10-12-6-5-11(14(18)19)9-13(12)15/h5-6,9H,4,7-8,10H2,1-3H3,(H,18,19). The second kappa shape index (κ2) is 7.62. The average molecular weight is 329 g/mol. The smallest absolute Gasteiger partial charge is 0.335 e. The maximum absolute atomic E-state index is 10.9. The summed E-state index contributed by atoms with van der Waals surface area (Å²) in [6.45, 7) is 2.91. The highest BCUT2D eigenvalue weighted by Crippen LogP contribution is 2.20. The molecule has 0 fully saturated rings. The van der Waals surface area contributed by atoms with E-state index in [2.05, 4.69) is 46.9 Å². The van der Waals surface area contributed by atoms with E-state index >= 15 is 0 Å². The quantitative estimate of drug-likeness (QED) is 0.835. The third kappa shape index (κ3) is 5.72. The number of rotatable bonds is 7. The normalized spacial score (nSPS) is 11.3. The Morgan fingerprint density at radius 3 is 2.47 bits per heavy atom. The maximum atomic E-state index is 10.9. The molecule has 0 aliphatic rings. The number of carboxylic acid groups (broad SMARTS) is 1. The second-order valence-electron chi connectivity index (χ2n) is 5.01. The number of aromatic carboxylic acids is 1. The van der Waals surface area contributed by atoms with Gasteiger partial charge >= 0.3 is 5.97 Å². The van der Waals surface area contributed by atoms with Crippen LogP contribution in [0.1, 0.15) is 22.3 Å². The third-order valence-corrected chi connectivity index (χ3v) is 3.62. The highest BCUT2D eigenvalue weighted by atomic mass is 79.9. The van der Waals surface area contributed by atoms with Gasteiger partial charge in [0.25, 0.3) is 0 Å². The van der Waals surface area contributed by atoms with Crippen LogP contribution in [0.15, 0.2) is 22.7 Å². The summed E-state index contributed by atoms with van der Waals surface area (Å²) in [5.41, 5.74) is 1.42. The molecule has 0 radical (unpaired) electrons. The van der Waals surface area contributed by atoms with Gasteiger partial charge in [0, 0.05) is 11.0 Å². The Kier molecular flexibility index (Phi) is 6.48. The van der Waals surface area contributed by atoms with Crippen LogP contribution in [-0.2, 0) is 6.54 Å². The second-order valence-corrected chi connectivity index (χ2v) is 5.86. The highest BCUT2D eigenvalue weighted by Gasteiger charge is 2.08. The van der Waals surface area contributed by atoms with Gasteiger partial charge in [-0.1, -0.05) is 22.0 Å². The Hall–Kier alpha value is -0.910. The highest BCUT2D eigenvalue weighted by molar-refractivity contribution is 9.10. The van der Waals surface area contributed by atoms with Gasteiger partial charge in [-0.25, -0.2) is 4.79 Å². The van der Waals surface area contributed by atoms with Crippen molar-refractivity contribution >= 4 is 21.9 Å². The predicted molar refractivity (Wildman–Crippen MR) is 80.6 cm³/mol. The van der Waals surface area contributed by atoms with E-state index in [1.807, 2.05) is 6.07 Å². The van der Waals surface area contributed by atoms with Crippen molar-refractivity contribution < 1.29 is 9.90 Å². The number of hydrogen-bond acceptors (Lipinski definition) is 3. The molecule has 0 amide bonds. The molecule has 0 spiro atoms. The van der Waals surface area contributed by atoms with Gasteiger partial charge in [-0.2, -0.15) is 0 Å². The zero-order chi connectivity index (χ0) is 14.4. The van der Waals surface area contributed by atoms with Crippen molar-refractivity contribution in [2.75, 3.05) is 34.2 Å². The molecule has 0 aliphatic heterocycles. The van der Waals surface area contributed by atoms with Crippen molar-refractivity contribution in [3.8, 4) is 0 Å². The molecule has 1 N–H and O–H groups in total. The van der Waals surface area contributed by atoms with Crippen molar-refractivity contribution in [3.05, 3.63) is 33.8 Å². The largest absolute Gasteiger partial charge is 0.478 e. The minimum absolute atomic E-state index is 0.311. The Morgan fingerprint density at radius 2 is 1.95 bits per heavy atom. The summed E-state index contributed by atoms with van der Waals surface area (Å²) in [5, 5.41) is 8.91. The predicted octanol–water partition coefficient (Wildman–Crippen LogP) is 2.53. The van der Waals surface area contributed by atoms with Crippen LogP contribution in [0.3, 0.4) is 0 Å². The number of hydrogen-bond donors (Lipinski definition) is 1. The van der Waals surface area contributed by atoms with E-state index in [1.54, 1.807) is 12.1 Å². The topological polar surface area (TPSA) is 43.8 Å². The molecule has 4 nitrogen and oxygen atoms in total. The number of carbonyl (C=O) groups is 1. The molecule has 0 bridgehead atoms. The van der Waals surface area contributed by atoms with E-state index in [0.29, 0.717) is 5.56 Å². The maximum Gasteiger partial charge on any atom is 0.335 e. The van der Waals surface area contributed by atoms with Crippen molar-refractivity contribution in [2.45, 2.75) is 13.0 Å². The first-order chi connectivity index (χ1) is 8.90. The van der Waals surface area contributed by atoms with Gasteiger partial charge in [0.05, 0.1) is 5.56 Å². The van der Waals surface area contributed by atoms with Gasteiger partial charge in [0.2, 0.25) is 0 Å². The van der Waals surface area contributed by atoms with E-state index in [-0.39, 0.29) is 0 Å². The van der Waals surface area contributed by atoms with E-state index in [1.165, 1.54) is 0 Å². The van der Waals surface area contributed by atoms with Gasteiger partial charge in [0.15, 0.2) is 0 Å². The monoisotopic (exact) mass is 328 g/mol. The molecule has 0 unspecified atom stereocenters. The summed E-state index contributed by atoms with van der Waals surface area (Å²) in [4.78, 5) is 15.3. The van der Waals surface area contributed by atoms with Crippen LogP contribution in [-0.4, -0.2) is 55.1 Å². The fourth-order valence-corrected chi connectivity index (χ4v) is 2.34. The van der Waals surface area contributed by atoms with Crippen LogP contribution in [0.5, 0.6) is 0 Å². The molecule has 0 saturated carbocycles. The van der Waals surface area contributed by atoms with Crippen molar-refractivity contribution in [2.24, 2.45) is 0 Å². The van der Waals surface area contributed by atoms with Gasteiger partial charge < -0.3 is 14.9 Å². The lowest BCUT2D eigenvalue weighted by atomic mass is 10.1. The Bertz CT molecular complexity index is 435. The number of halogens is 1. The van der Waals surface area contributed by atoms with E-state index in [0.717, 1.165) is 36.1 Å². The fourth-order valence-electron chi connectivity index (χ4n) is 1.84. The summed E-state index contributed by atoms with van der Waals surface area (Å²) < 4.78 is 0.854. The number of nitrogens with zero attached hydrogens (tertiary/aromatic N) is 2. The first kappa shape index (κ1) is 16.1. The molecule has 0 saturated heterocycles. The SMILES string of the molecule is CN(C)CCCN(C)Cc1ccc(C(=O)O)cc1Br. The minimum atomic E-state index is -0.897. The molecule has 5 heteroatoms. The number of carboxylic acids is 1. The van der Waals surface area contributed by atoms with Crippen molar-refractivity contribution in [1.82, 2.24) is 9.80 Å². The van der Waals surface area contributed by atoms with Gasteiger partial charge in [0.1, 0.15) is 0 Å². The fraction of sp³-hybridized carbons (Fsp3) is 0.500. The van der Waals surface area contributed by atoms with Crippen LogP contribution >= 0.6 is 15.9 Å². The van der Waals surface area contributed by atoms with Crippen LogP contribution in [0.4, 0.5) is 0 Å². The summed E-state index contributed by atoms with van der Waals surface area (Å²) in [6.07, 6.45) is 1.12. The third-order valence-electron chi connectivity index (χ3n) is 2.89. The molecule has 0 atom stereocenters. The lowest BCUT2D eigenvalue weighted by molar-refractivity contribution is 0.0697. The molecule has 1 aromatic carbocycles. The lowest BCUT2D eigenvalue weighted by Crippen LogP contribution is -2.23. The molecule has 0 aliphatic carbocycles. The zero-order valence-electron chi connectivity index (χ0n) is 11.7. The summed E-state index contributed by atoms with van der Waals surface area (Å²) in [7, 11) is 6.22. The summed E-state index contributed by atoms with van der Waals surface area (Å²) in [6, 6.07) is 5.18. The van der Waals surface area contributed by atoms with Crippen LogP contribution < -0.4 is 0 Å². The number of benzene rings is 1. The van der Waals surface area contributed by atoms with Crippen molar-refractivity contribution in [3.63, 3.8) is 0 Å². The van der Waals surface area contributed by atoms with Gasteiger partial charge in [-0.3, -0.25) is 0 Å². The molecular weight excluding hydrogens is 308 g/mol. The molecular formula is C14H21BrN2O2. The average Bonchev–Trinajstić information content (AvgIpc) is 2.31. The Morgan fingerprint density at radius 1 is 1.26 bits per heavy atom. The van der Waals surface area contributed by atoms with Crippen LogP contribution in [0.25, 0.3) is 0 Å². The van der Waals surface area contributed by atoms with Crippen molar-refractivity contribution in [1.29, 1.82) is 0 Å². The van der Waals surface area contributed by atoms with Gasteiger partial charge in [-0.05, 0) is 58.3 Å².